The maximum atomic E-state index is 11.6. The number of amides is 2. The lowest BCUT2D eigenvalue weighted by atomic mass is 10.2. The third kappa shape index (κ3) is 4.16. The third-order valence-electron chi connectivity index (χ3n) is 2.44. The van der Waals surface area contributed by atoms with E-state index in [1.54, 1.807) is 18.3 Å². The van der Waals surface area contributed by atoms with Gasteiger partial charge in [-0.25, -0.2) is 4.79 Å². The summed E-state index contributed by atoms with van der Waals surface area (Å²) < 4.78 is 4.37. The third-order valence-corrected chi connectivity index (χ3v) is 3.30. The number of rotatable bonds is 4. The number of hydrogen-bond donors (Lipinski definition) is 1. The van der Waals surface area contributed by atoms with Gasteiger partial charge in [0.05, 0.1) is 13.2 Å². The summed E-state index contributed by atoms with van der Waals surface area (Å²) >= 11 is 1.63. The van der Waals surface area contributed by atoms with Crippen LogP contribution in [0, 0.1) is 0 Å². The van der Waals surface area contributed by atoms with Crippen molar-refractivity contribution in [3.8, 4) is 0 Å². The van der Waals surface area contributed by atoms with Gasteiger partial charge in [-0.05, 0) is 25.4 Å². The number of methoxy groups -OCH3 is 1. The van der Waals surface area contributed by atoms with Gasteiger partial charge in [0.2, 0.25) is 5.91 Å². The zero-order valence-corrected chi connectivity index (χ0v) is 10.9. The van der Waals surface area contributed by atoms with Gasteiger partial charge in [0, 0.05) is 11.4 Å². The normalized spacial score (nSPS) is 12.2. The van der Waals surface area contributed by atoms with Gasteiger partial charge in [0.1, 0.15) is 0 Å². The van der Waals surface area contributed by atoms with Crippen LogP contribution in [0.15, 0.2) is 17.5 Å². The van der Waals surface area contributed by atoms with E-state index in [0.29, 0.717) is 6.54 Å². The minimum atomic E-state index is -0.730. The molecule has 0 fully saturated rings. The van der Waals surface area contributed by atoms with Crippen molar-refractivity contribution in [2.24, 2.45) is 0 Å². The molecule has 1 aromatic rings. The van der Waals surface area contributed by atoms with Crippen LogP contribution in [0.1, 0.15) is 11.8 Å². The number of imide groups is 1. The summed E-state index contributed by atoms with van der Waals surface area (Å²) in [6.45, 7) is 2.42. The average molecular weight is 256 g/mol. The van der Waals surface area contributed by atoms with Crippen molar-refractivity contribution in [3.05, 3.63) is 22.4 Å². The van der Waals surface area contributed by atoms with Crippen LogP contribution in [0.3, 0.4) is 0 Å². The molecule has 0 aliphatic heterocycles. The van der Waals surface area contributed by atoms with E-state index in [1.165, 1.54) is 12.0 Å². The van der Waals surface area contributed by atoms with E-state index in [4.69, 9.17) is 0 Å². The van der Waals surface area contributed by atoms with Crippen molar-refractivity contribution in [2.45, 2.75) is 19.5 Å². The molecule has 1 rings (SSSR count). The van der Waals surface area contributed by atoms with Crippen molar-refractivity contribution < 1.29 is 14.3 Å². The predicted molar refractivity (Wildman–Crippen MR) is 65.8 cm³/mol. The largest absolute Gasteiger partial charge is 0.453 e. The number of ether oxygens (including phenoxy) is 1. The second-order valence-electron chi connectivity index (χ2n) is 3.65. The second-order valence-corrected chi connectivity index (χ2v) is 4.68. The van der Waals surface area contributed by atoms with Gasteiger partial charge in [0.25, 0.3) is 0 Å². The number of likely N-dealkylation sites (N-methyl/N-ethyl adjacent to an activating group) is 1. The summed E-state index contributed by atoms with van der Waals surface area (Å²) in [5, 5.41) is 4.14. The predicted octanol–water partition coefficient (Wildman–Crippen LogP) is 1.45. The first-order valence-electron chi connectivity index (χ1n) is 5.16. The van der Waals surface area contributed by atoms with E-state index in [9.17, 15) is 9.59 Å². The Morgan fingerprint density at radius 1 is 1.59 bits per heavy atom. The Hall–Kier alpha value is -1.40. The minimum Gasteiger partial charge on any atom is -0.453 e. The molecule has 0 radical (unpaired) electrons. The molecule has 0 saturated carbocycles. The first-order valence-corrected chi connectivity index (χ1v) is 6.04. The quantitative estimate of drug-likeness (QED) is 0.886. The van der Waals surface area contributed by atoms with Gasteiger partial charge in [-0.3, -0.25) is 15.0 Å². The molecule has 1 N–H and O–H groups in total. The SMILES string of the molecule is COC(=O)NC(=O)[C@@H](C)N(C)Cc1cccs1. The van der Waals surface area contributed by atoms with Gasteiger partial charge in [-0.1, -0.05) is 6.07 Å². The highest BCUT2D eigenvalue weighted by molar-refractivity contribution is 7.09. The topological polar surface area (TPSA) is 58.6 Å². The Bertz CT molecular complexity index is 378. The van der Waals surface area contributed by atoms with Crippen LogP contribution in [0.2, 0.25) is 0 Å². The molecule has 94 valence electrons. The minimum absolute atomic E-state index is 0.365. The van der Waals surface area contributed by atoms with Crippen LogP contribution in [0.25, 0.3) is 0 Å². The molecular formula is C11H16N2O3S. The molecule has 0 aromatic carbocycles. The van der Waals surface area contributed by atoms with Crippen molar-refractivity contribution in [1.82, 2.24) is 10.2 Å². The van der Waals surface area contributed by atoms with Crippen molar-refractivity contribution in [2.75, 3.05) is 14.2 Å². The number of nitrogens with zero attached hydrogens (tertiary/aromatic N) is 1. The fraction of sp³-hybridized carbons (Fsp3) is 0.455. The fourth-order valence-electron chi connectivity index (χ4n) is 1.24. The molecule has 1 heterocycles. The van der Waals surface area contributed by atoms with Gasteiger partial charge >= 0.3 is 6.09 Å². The Morgan fingerprint density at radius 3 is 2.82 bits per heavy atom. The second kappa shape index (κ2) is 6.36. The monoisotopic (exact) mass is 256 g/mol. The highest BCUT2D eigenvalue weighted by Gasteiger charge is 2.20. The van der Waals surface area contributed by atoms with E-state index in [0.717, 1.165) is 0 Å². The Kier molecular flexibility index (Phi) is 5.11. The number of nitrogens with one attached hydrogen (secondary N) is 1. The summed E-state index contributed by atoms with van der Waals surface area (Å²) in [6, 6.07) is 3.58. The van der Waals surface area contributed by atoms with Crippen LogP contribution in [-0.2, 0) is 16.1 Å². The van der Waals surface area contributed by atoms with E-state index in [1.807, 2.05) is 29.5 Å². The van der Waals surface area contributed by atoms with Gasteiger partial charge in [-0.15, -0.1) is 11.3 Å². The molecule has 0 aliphatic carbocycles. The number of alkyl carbamates (subject to hydrolysis) is 1. The molecule has 0 saturated heterocycles. The van der Waals surface area contributed by atoms with Crippen molar-refractivity contribution in [1.29, 1.82) is 0 Å². The molecule has 0 aliphatic rings. The zero-order chi connectivity index (χ0) is 12.8. The molecule has 0 bridgehead atoms. The maximum Gasteiger partial charge on any atom is 0.413 e. The summed E-state index contributed by atoms with van der Waals surface area (Å²) in [7, 11) is 3.06. The summed E-state index contributed by atoms with van der Waals surface area (Å²) in [5.74, 6) is -0.365. The molecular weight excluding hydrogens is 240 g/mol. The zero-order valence-electron chi connectivity index (χ0n) is 10.1. The van der Waals surface area contributed by atoms with Crippen LogP contribution < -0.4 is 5.32 Å². The lowest BCUT2D eigenvalue weighted by molar-refractivity contribution is -0.124. The Balaban J connectivity index is 2.48. The highest BCUT2D eigenvalue weighted by atomic mass is 32.1. The number of hydrogen-bond acceptors (Lipinski definition) is 5. The number of carbonyl (C=O) groups excluding carboxylic acids is 2. The molecule has 1 atom stereocenters. The molecule has 6 heteroatoms. The summed E-state index contributed by atoms with van der Waals surface area (Å²) in [5.41, 5.74) is 0. The van der Waals surface area contributed by atoms with Gasteiger partial charge in [0.15, 0.2) is 0 Å². The van der Waals surface area contributed by atoms with Crippen LogP contribution in [0.4, 0.5) is 4.79 Å². The van der Waals surface area contributed by atoms with Gasteiger partial charge < -0.3 is 4.74 Å². The molecule has 0 unspecified atom stereocenters. The molecule has 1 aromatic heterocycles. The summed E-state index contributed by atoms with van der Waals surface area (Å²) in [4.78, 5) is 25.6. The number of carbonyl (C=O) groups is 2. The van der Waals surface area contributed by atoms with E-state index in [2.05, 4.69) is 10.1 Å². The van der Waals surface area contributed by atoms with Crippen LogP contribution >= 0.6 is 11.3 Å². The van der Waals surface area contributed by atoms with Crippen molar-refractivity contribution >= 4 is 23.3 Å². The fourth-order valence-corrected chi connectivity index (χ4v) is 2.01. The molecule has 5 nitrogen and oxygen atoms in total. The van der Waals surface area contributed by atoms with E-state index < -0.39 is 12.1 Å². The van der Waals surface area contributed by atoms with Crippen molar-refractivity contribution in [3.63, 3.8) is 0 Å². The maximum absolute atomic E-state index is 11.6. The Morgan fingerprint density at radius 2 is 2.29 bits per heavy atom. The molecule has 2 amide bonds. The lowest BCUT2D eigenvalue weighted by Gasteiger charge is -2.22. The van der Waals surface area contributed by atoms with E-state index >= 15 is 0 Å². The first kappa shape index (κ1) is 13.7. The average Bonchev–Trinajstić information content (AvgIpc) is 2.80. The highest BCUT2D eigenvalue weighted by Crippen LogP contribution is 2.12. The standard InChI is InChI=1S/C11H16N2O3S/c1-8(10(14)12-11(15)16-3)13(2)7-9-5-4-6-17-9/h4-6,8H,7H2,1-3H3,(H,12,14,15)/t8-/m1/s1. The smallest absolute Gasteiger partial charge is 0.413 e. The van der Waals surface area contributed by atoms with Crippen LogP contribution in [0.5, 0.6) is 0 Å². The Labute approximate surface area is 104 Å². The molecule has 17 heavy (non-hydrogen) atoms. The molecule has 0 spiro atoms. The lowest BCUT2D eigenvalue weighted by Crippen LogP contribution is -2.45. The van der Waals surface area contributed by atoms with Crippen LogP contribution in [-0.4, -0.2) is 37.1 Å². The van der Waals surface area contributed by atoms with E-state index in [-0.39, 0.29) is 5.91 Å². The van der Waals surface area contributed by atoms with Gasteiger partial charge in [-0.2, -0.15) is 0 Å². The first-order chi connectivity index (χ1) is 8.04. The summed E-state index contributed by atoms with van der Waals surface area (Å²) in [6.07, 6.45) is -0.730. The number of thiophene rings is 1.